The van der Waals surface area contributed by atoms with Crippen molar-refractivity contribution in [2.75, 3.05) is 0 Å². The molecule has 0 N–H and O–H groups in total. The predicted octanol–water partition coefficient (Wildman–Crippen LogP) is 2.76. The summed E-state index contributed by atoms with van der Waals surface area (Å²) in [6.45, 7) is 13.5. The SMILES string of the molecule is Cc1nnc(CN(Cc2nc(CC(C)C)no2)C(C)(C)C)o1. The van der Waals surface area contributed by atoms with E-state index in [-0.39, 0.29) is 5.54 Å². The minimum Gasteiger partial charge on any atom is -0.424 e. The van der Waals surface area contributed by atoms with Crippen LogP contribution >= 0.6 is 0 Å². The molecule has 0 unspecified atom stereocenters. The van der Waals surface area contributed by atoms with Crippen LogP contribution in [0.4, 0.5) is 0 Å². The highest BCUT2D eigenvalue weighted by Crippen LogP contribution is 2.20. The van der Waals surface area contributed by atoms with Gasteiger partial charge < -0.3 is 8.94 Å². The van der Waals surface area contributed by atoms with Crippen LogP contribution in [0.25, 0.3) is 0 Å². The summed E-state index contributed by atoms with van der Waals surface area (Å²) in [5.41, 5.74) is -0.0882. The van der Waals surface area contributed by atoms with Gasteiger partial charge in [-0.3, -0.25) is 4.90 Å². The van der Waals surface area contributed by atoms with E-state index in [1.807, 2.05) is 0 Å². The van der Waals surface area contributed by atoms with Crippen LogP contribution in [0.15, 0.2) is 8.94 Å². The Balaban J connectivity index is 2.08. The fourth-order valence-corrected chi connectivity index (χ4v) is 2.06. The summed E-state index contributed by atoms with van der Waals surface area (Å²) >= 11 is 0. The van der Waals surface area contributed by atoms with Crippen molar-refractivity contribution >= 4 is 0 Å². The van der Waals surface area contributed by atoms with Crippen LogP contribution in [0.2, 0.25) is 0 Å². The lowest BCUT2D eigenvalue weighted by Crippen LogP contribution is -2.40. The molecule has 0 saturated heterocycles. The van der Waals surface area contributed by atoms with Crippen molar-refractivity contribution in [3.63, 3.8) is 0 Å². The highest BCUT2D eigenvalue weighted by molar-refractivity contribution is 4.91. The van der Waals surface area contributed by atoms with Gasteiger partial charge in [0.15, 0.2) is 5.82 Å². The highest BCUT2D eigenvalue weighted by atomic mass is 16.5. The molecule has 0 aromatic carbocycles. The quantitative estimate of drug-likeness (QED) is 0.811. The summed E-state index contributed by atoms with van der Waals surface area (Å²) in [6.07, 6.45) is 0.821. The number of aromatic nitrogens is 4. The molecule has 0 aliphatic heterocycles. The van der Waals surface area contributed by atoms with Crippen molar-refractivity contribution in [3.05, 3.63) is 23.5 Å². The Labute approximate surface area is 131 Å². The van der Waals surface area contributed by atoms with E-state index in [4.69, 9.17) is 8.94 Å². The van der Waals surface area contributed by atoms with Crippen LogP contribution in [0, 0.1) is 12.8 Å². The summed E-state index contributed by atoms with van der Waals surface area (Å²) in [6, 6.07) is 0. The molecule has 7 nitrogen and oxygen atoms in total. The van der Waals surface area contributed by atoms with Crippen molar-refractivity contribution in [1.82, 2.24) is 25.2 Å². The van der Waals surface area contributed by atoms with Gasteiger partial charge >= 0.3 is 0 Å². The van der Waals surface area contributed by atoms with Gasteiger partial charge in [0.05, 0.1) is 13.1 Å². The molecule has 0 saturated carbocycles. The highest BCUT2D eigenvalue weighted by Gasteiger charge is 2.25. The molecule has 0 spiro atoms. The first kappa shape index (κ1) is 16.6. The Morgan fingerprint density at radius 3 is 2.32 bits per heavy atom. The van der Waals surface area contributed by atoms with Crippen LogP contribution in [-0.4, -0.2) is 30.8 Å². The summed E-state index contributed by atoms with van der Waals surface area (Å²) in [5, 5.41) is 12.0. The Kier molecular flexibility index (Phi) is 4.95. The van der Waals surface area contributed by atoms with Gasteiger partial charge in [-0.05, 0) is 26.7 Å². The molecule has 2 aromatic heterocycles. The first-order valence-corrected chi connectivity index (χ1v) is 7.59. The average molecular weight is 307 g/mol. The van der Waals surface area contributed by atoms with Crippen molar-refractivity contribution in [3.8, 4) is 0 Å². The second-order valence-corrected chi connectivity index (χ2v) is 6.94. The molecule has 0 fully saturated rings. The van der Waals surface area contributed by atoms with Gasteiger partial charge in [0.25, 0.3) is 0 Å². The lowest BCUT2D eigenvalue weighted by atomic mass is 10.1. The molecular formula is C15H25N5O2. The van der Waals surface area contributed by atoms with Gasteiger partial charge in [-0.15, -0.1) is 10.2 Å². The minimum absolute atomic E-state index is 0.0882. The van der Waals surface area contributed by atoms with Crippen molar-refractivity contribution in [1.29, 1.82) is 0 Å². The molecule has 0 atom stereocenters. The molecule has 0 aliphatic carbocycles. The first-order chi connectivity index (χ1) is 10.2. The van der Waals surface area contributed by atoms with Crippen molar-refractivity contribution in [2.45, 2.75) is 66.6 Å². The third-order valence-corrected chi connectivity index (χ3v) is 3.27. The lowest BCUT2D eigenvalue weighted by Gasteiger charge is -2.33. The van der Waals surface area contributed by atoms with Gasteiger partial charge in [0.1, 0.15) is 0 Å². The van der Waals surface area contributed by atoms with Crippen LogP contribution in [0.5, 0.6) is 0 Å². The topological polar surface area (TPSA) is 81.1 Å². The van der Waals surface area contributed by atoms with E-state index in [0.29, 0.717) is 36.7 Å². The van der Waals surface area contributed by atoms with Gasteiger partial charge in [0, 0.05) is 18.9 Å². The van der Waals surface area contributed by atoms with Gasteiger partial charge in [-0.1, -0.05) is 19.0 Å². The summed E-state index contributed by atoms with van der Waals surface area (Å²) in [7, 11) is 0. The largest absolute Gasteiger partial charge is 0.424 e. The van der Waals surface area contributed by atoms with Crippen LogP contribution in [-0.2, 0) is 19.5 Å². The fourth-order valence-electron chi connectivity index (χ4n) is 2.06. The van der Waals surface area contributed by atoms with Crippen LogP contribution in [0.1, 0.15) is 58.1 Å². The van der Waals surface area contributed by atoms with Crippen molar-refractivity contribution < 1.29 is 8.94 Å². The van der Waals surface area contributed by atoms with E-state index in [1.165, 1.54) is 0 Å². The number of hydrogen-bond donors (Lipinski definition) is 0. The van der Waals surface area contributed by atoms with E-state index >= 15 is 0 Å². The molecule has 0 amide bonds. The Morgan fingerprint density at radius 1 is 1.09 bits per heavy atom. The van der Waals surface area contributed by atoms with Crippen LogP contribution < -0.4 is 0 Å². The van der Waals surface area contributed by atoms with E-state index in [0.717, 1.165) is 12.2 Å². The molecular weight excluding hydrogens is 282 g/mol. The number of rotatable bonds is 6. The number of hydrogen-bond acceptors (Lipinski definition) is 7. The molecule has 0 bridgehead atoms. The smallest absolute Gasteiger partial charge is 0.240 e. The third kappa shape index (κ3) is 4.62. The summed E-state index contributed by atoms with van der Waals surface area (Å²) < 4.78 is 10.8. The first-order valence-electron chi connectivity index (χ1n) is 7.59. The van der Waals surface area contributed by atoms with Gasteiger partial charge in [0.2, 0.25) is 17.7 Å². The van der Waals surface area contributed by atoms with Gasteiger partial charge in [-0.2, -0.15) is 4.98 Å². The second-order valence-electron chi connectivity index (χ2n) is 6.94. The zero-order chi connectivity index (χ0) is 16.3. The average Bonchev–Trinajstić information content (AvgIpc) is 2.96. The van der Waals surface area contributed by atoms with E-state index < -0.39 is 0 Å². The second kappa shape index (κ2) is 6.56. The lowest BCUT2D eigenvalue weighted by molar-refractivity contribution is 0.0916. The molecule has 2 heterocycles. The monoisotopic (exact) mass is 307 g/mol. The molecule has 7 heteroatoms. The maximum absolute atomic E-state index is 5.47. The molecule has 2 rings (SSSR count). The molecule has 22 heavy (non-hydrogen) atoms. The maximum Gasteiger partial charge on any atom is 0.240 e. The standard InChI is InChI=1S/C15H25N5O2/c1-10(2)7-12-16-13(22-19-12)8-20(15(4,5)6)9-14-18-17-11(3)21-14/h10H,7-9H2,1-6H3. The van der Waals surface area contributed by atoms with E-state index in [1.54, 1.807) is 6.92 Å². The predicted molar refractivity (Wildman–Crippen MR) is 80.9 cm³/mol. The van der Waals surface area contributed by atoms with E-state index in [2.05, 4.69) is 59.9 Å². The zero-order valence-electron chi connectivity index (χ0n) is 14.3. The van der Waals surface area contributed by atoms with E-state index in [9.17, 15) is 0 Å². The molecule has 2 aromatic rings. The minimum atomic E-state index is -0.0882. The Morgan fingerprint density at radius 2 is 1.77 bits per heavy atom. The Hall–Kier alpha value is -1.76. The summed E-state index contributed by atoms with van der Waals surface area (Å²) in [4.78, 5) is 6.64. The van der Waals surface area contributed by atoms with Crippen LogP contribution in [0.3, 0.4) is 0 Å². The Bertz CT molecular complexity index is 597. The fraction of sp³-hybridized carbons (Fsp3) is 0.733. The molecule has 0 radical (unpaired) electrons. The normalized spacial score (nSPS) is 12.5. The molecule has 122 valence electrons. The summed E-state index contributed by atoms with van der Waals surface area (Å²) in [5.74, 6) is 3.04. The van der Waals surface area contributed by atoms with Crippen molar-refractivity contribution in [2.24, 2.45) is 5.92 Å². The number of nitrogens with zero attached hydrogens (tertiary/aromatic N) is 5. The maximum atomic E-state index is 5.47. The zero-order valence-corrected chi connectivity index (χ0v) is 14.3. The number of aryl methyl sites for hydroxylation is 1. The molecule has 0 aliphatic rings. The third-order valence-electron chi connectivity index (χ3n) is 3.27. The van der Waals surface area contributed by atoms with Gasteiger partial charge in [-0.25, -0.2) is 0 Å².